The summed E-state index contributed by atoms with van der Waals surface area (Å²) >= 11 is 0. The third kappa shape index (κ3) is 2.82. The molecule has 0 saturated heterocycles. The molecule has 3 aromatic rings. The Labute approximate surface area is 121 Å². The summed E-state index contributed by atoms with van der Waals surface area (Å²) in [6.45, 7) is 2.92. The predicted octanol–water partition coefficient (Wildman–Crippen LogP) is 0.144. The molecule has 0 unspecified atom stereocenters. The van der Waals surface area contributed by atoms with Crippen molar-refractivity contribution in [3.63, 3.8) is 0 Å². The molecule has 0 bridgehead atoms. The average Bonchev–Trinajstić information content (AvgIpc) is 2.86. The van der Waals surface area contributed by atoms with Gasteiger partial charge in [-0.15, -0.1) is 5.10 Å². The van der Waals surface area contributed by atoms with Gasteiger partial charge in [-0.3, -0.25) is 9.20 Å². The molecule has 3 heterocycles. The van der Waals surface area contributed by atoms with Crippen molar-refractivity contribution in [2.24, 2.45) is 5.73 Å². The van der Waals surface area contributed by atoms with Crippen molar-refractivity contribution in [2.75, 3.05) is 6.54 Å². The number of aryl methyl sites for hydroxylation is 1. The van der Waals surface area contributed by atoms with E-state index in [4.69, 9.17) is 5.73 Å². The molecular weight excluding hydrogens is 268 g/mol. The van der Waals surface area contributed by atoms with Crippen molar-refractivity contribution in [1.82, 2.24) is 24.4 Å². The smallest absolute Gasteiger partial charge is 0.258 e. The van der Waals surface area contributed by atoms with Gasteiger partial charge in [0.1, 0.15) is 5.65 Å². The van der Waals surface area contributed by atoms with Crippen LogP contribution < -0.4 is 11.3 Å². The normalized spacial score (nSPS) is 11.1. The minimum Gasteiger partial charge on any atom is -0.330 e. The lowest BCUT2D eigenvalue weighted by Gasteiger charge is -2.04. The highest BCUT2D eigenvalue weighted by Gasteiger charge is 2.05. The van der Waals surface area contributed by atoms with Gasteiger partial charge in [-0.2, -0.15) is 0 Å². The molecule has 7 heteroatoms. The molecule has 3 rings (SSSR count). The monoisotopic (exact) mass is 284 g/mol. The standard InChI is InChI=1S/C14H16N6O/c1-10-3-5-20-13(6-10)16-12(7-14(20)21)9-19-8-11(2-4-15)17-18-19/h3,5-8H,2,4,9,15H2,1H3. The van der Waals surface area contributed by atoms with Crippen LogP contribution in [-0.4, -0.2) is 30.9 Å². The first-order valence-corrected chi connectivity index (χ1v) is 6.74. The lowest BCUT2D eigenvalue weighted by atomic mass is 10.3. The summed E-state index contributed by atoms with van der Waals surface area (Å²) in [5.41, 5.74) is 8.58. The molecule has 2 N–H and O–H groups in total. The van der Waals surface area contributed by atoms with Crippen molar-refractivity contribution < 1.29 is 0 Å². The molecule has 0 fully saturated rings. The van der Waals surface area contributed by atoms with E-state index in [1.807, 2.05) is 25.3 Å². The van der Waals surface area contributed by atoms with Gasteiger partial charge in [0, 0.05) is 24.9 Å². The zero-order valence-electron chi connectivity index (χ0n) is 11.7. The molecule has 0 atom stereocenters. The Morgan fingerprint density at radius 2 is 2.14 bits per heavy atom. The van der Waals surface area contributed by atoms with Gasteiger partial charge in [-0.1, -0.05) is 5.21 Å². The van der Waals surface area contributed by atoms with Crippen LogP contribution in [0, 0.1) is 6.92 Å². The lowest BCUT2D eigenvalue weighted by molar-refractivity contribution is 0.637. The van der Waals surface area contributed by atoms with Crippen LogP contribution in [0.5, 0.6) is 0 Å². The van der Waals surface area contributed by atoms with Crippen molar-refractivity contribution in [3.8, 4) is 0 Å². The number of hydrogen-bond acceptors (Lipinski definition) is 5. The van der Waals surface area contributed by atoms with Crippen LogP contribution in [0.15, 0.2) is 35.4 Å². The number of nitrogens with zero attached hydrogens (tertiary/aromatic N) is 5. The lowest BCUT2D eigenvalue weighted by Crippen LogP contribution is -2.17. The number of fused-ring (bicyclic) bond motifs is 1. The summed E-state index contributed by atoms with van der Waals surface area (Å²) in [6.07, 6.45) is 4.25. The maximum Gasteiger partial charge on any atom is 0.258 e. The Morgan fingerprint density at radius 1 is 1.29 bits per heavy atom. The van der Waals surface area contributed by atoms with E-state index >= 15 is 0 Å². The summed E-state index contributed by atoms with van der Waals surface area (Å²) in [5.74, 6) is 0. The molecular formula is C14H16N6O. The number of hydrogen-bond donors (Lipinski definition) is 1. The molecule has 3 aromatic heterocycles. The van der Waals surface area contributed by atoms with E-state index < -0.39 is 0 Å². The van der Waals surface area contributed by atoms with E-state index in [-0.39, 0.29) is 5.56 Å². The van der Waals surface area contributed by atoms with Crippen LogP contribution in [0.2, 0.25) is 0 Å². The topological polar surface area (TPSA) is 91.1 Å². The van der Waals surface area contributed by atoms with Crippen LogP contribution in [0.25, 0.3) is 5.65 Å². The summed E-state index contributed by atoms with van der Waals surface area (Å²) in [4.78, 5) is 16.6. The molecule has 21 heavy (non-hydrogen) atoms. The molecule has 0 aliphatic heterocycles. The fraction of sp³-hybridized carbons (Fsp3) is 0.286. The highest BCUT2D eigenvalue weighted by molar-refractivity contribution is 5.41. The Hall–Kier alpha value is -2.54. The Kier molecular flexibility index (Phi) is 3.49. The number of nitrogens with two attached hydrogens (primary N) is 1. The molecule has 0 radical (unpaired) electrons. The average molecular weight is 284 g/mol. The molecule has 0 saturated carbocycles. The zero-order chi connectivity index (χ0) is 14.8. The van der Waals surface area contributed by atoms with Crippen LogP contribution in [0.3, 0.4) is 0 Å². The van der Waals surface area contributed by atoms with Gasteiger partial charge in [0.25, 0.3) is 5.56 Å². The third-order valence-corrected chi connectivity index (χ3v) is 3.19. The van der Waals surface area contributed by atoms with E-state index in [0.29, 0.717) is 30.9 Å². The zero-order valence-corrected chi connectivity index (χ0v) is 11.7. The third-order valence-electron chi connectivity index (χ3n) is 3.19. The highest BCUT2D eigenvalue weighted by Crippen LogP contribution is 2.04. The van der Waals surface area contributed by atoms with Crippen molar-refractivity contribution in [1.29, 1.82) is 0 Å². The van der Waals surface area contributed by atoms with E-state index in [2.05, 4.69) is 15.3 Å². The van der Waals surface area contributed by atoms with Crippen LogP contribution in [0.4, 0.5) is 0 Å². The number of pyridine rings is 1. The molecule has 0 aliphatic rings. The highest BCUT2D eigenvalue weighted by atomic mass is 16.1. The maximum atomic E-state index is 12.1. The maximum absolute atomic E-state index is 12.1. The summed E-state index contributed by atoms with van der Waals surface area (Å²) in [5, 5.41) is 8.04. The van der Waals surface area contributed by atoms with Gasteiger partial charge in [-0.05, 0) is 31.2 Å². The second-order valence-electron chi connectivity index (χ2n) is 4.96. The molecule has 0 aromatic carbocycles. The fourth-order valence-corrected chi connectivity index (χ4v) is 2.18. The van der Waals surface area contributed by atoms with Gasteiger partial charge in [0.05, 0.1) is 17.9 Å². The van der Waals surface area contributed by atoms with Gasteiger partial charge in [0.15, 0.2) is 0 Å². The Morgan fingerprint density at radius 3 is 2.95 bits per heavy atom. The second kappa shape index (κ2) is 5.45. The van der Waals surface area contributed by atoms with Gasteiger partial charge in [0.2, 0.25) is 0 Å². The second-order valence-corrected chi connectivity index (χ2v) is 4.96. The van der Waals surface area contributed by atoms with Gasteiger partial charge < -0.3 is 5.73 Å². The van der Waals surface area contributed by atoms with Crippen LogP contribution in [-0.2, 0) is 13.0 Å². The first-order valence-electron chi connectivity index (χ1n) is 6.74. The quantitative estimate of drug-likeness (QED) is 0.736. The first kappa shape index (κ1) is 13.4. The fourth-order valence-electron chi connectivity index (χ4n) is 2.18. The van der Waals surface area contributed by atoms with E-state index in [9.17, 15) is 4.79 Å². The summed E-state index contributed by atoms with van der Waals surface area (Å²) < 4.78 is 3.19. The largest absolute Gasteiger partial charge is 0.330 e. The molecule has 0 aliphatic carbocycles. The van der Waals surface area contributed by atoms with E-state index in [0.717, 1.165) is 11.3 Å². The molecule has 108 valence electrons. The van der Waals surface area contributed by atoms with Crippen LogP contribution in [0.1, 0.15) is 17.0 Å². The van der Waals surface area contributed by atoms with E-state index in [1.54, 1.807) is 10.9 Å². The predicted molar refractivity (Wildman–Crippen MR) is 78.1 cm³/mol. The molecule has 0 amide bonds. The Bertz CT molecular complexity index is 835. The van der Waals surface area contributed by atoms with Crippen molar-refractivity contribution >= 4 is 5.65 Å². The van der Waals surface area contributed by atoms with Crippen molar-refractivity contribution in [2.45, 2.75) is 19.9 Å². The SMILES string of the molecule is Cc1ccn2c(=O)cc(Cn3cc(CCN)nn3)nc2c1. The molecule has 7 nitrogen and oxygen atoms in total. The first-order chi connectivity index (χ1) is 10.2. The minimum atomic E-state index is -0.0997. The van der Waals surface area contributed by atoms with Crippen molar-refractivity contribution in [3.05, 3.63) is 57.9 Å². The Balaban J connectivity index is 1.94. The van der Waals surface area contributed by atoms with Gasteiger partial charge >= 0.3 is 0 Å². The van der Waals surface area contributed by atoms with Gasteiger partial charge in [-0.25, -0.2) is 9.67 Å². The molecule has 0 spiro atoms. The van der Waals surface area contributed by atoms with E-state index in [1.165, 1.54) is 10.5 Å². The summed E-state index contributed by atoms with van der Waals surface area (Å²) in [6, 6.07) is 5.28. The number of aromatic nitrogens is 5. The summed E-state index contributed by atoms with van der Waals surface area (Å²) in [7, 11) is 0. The van der Waals surface area contributed by atoms with Crippen LogP contribution >= 0.6 is 0 Å². The number of rotatable bonds is 4. The minimum absolute atomic E-state index is 0.0997.